The van der Waals surface area contributed by atoms with Crippen LogP contribution in [0.5, 0.6) is 5.75 Å². The van der Waals surface area contributed by atoms with Crippen molar-refractivity contribution >= 4 is 15.7 Å². The van der Waals surface area contributed by atoms with Gasteiger partial charge in [-0.3, -0.25) is 4.72 Å². The van der Waals surface area contributed by atoms with E-state index < -0.39 is 15.8 Å². The number of aryl methyl sites for hydroxylation is 3. The van der Waals surface area contributed by atoms with Crippen molar-refractivity contribution in [2.75, 3.05) is 4.72 Å². The van der Waals surface area contributed by atoms with Crippen molar-refractivity contribution in [1.29, 1.82) is 0 Å². The first-order chi connectivity index (χ1) is 9.70. The summed E-state index contributed by atoms with van der Waals surface area (Å²) in [5.41, 5.74) is 1.87. The Labute approximate surface area is 123 Å². The van der Waals surface area contributed by atoms with E-state index in [9.17, 15) is 17.9 Å². The average molecular weight is 309 g/mol. The first-order valence-electron chi connectivity index (χ1n) is 6.30. The number of halogens is 1. The van der Waals surface area contributed by atoms with Crippen LogP contribution in [-0.2, 0) is 10.0 Å². The Bertz CT molecular complexity index is 801. The second-order valence-electron chi connectivity index (χ2n) is 4.99. The Hall–Kier alpha value is -2.08. The molecule has 6 heteroatoms. The van der Waals surface area contributed by atoms with Crippen molar-refractivity contribution in [3.63, 3.8) is 0 Å². The highest BCUT2D eigenvalue weighted by atomic mass is 32.2. The molecule has 21 heavy (non-hydrogen) atoms. The Morgan fingerprint density at radius 2 is 1.71 bits per heavy atom. The Kier molecular flexibility index (Phi) is 3.91. The molecule has 0 saturated carbocycles. The summed E-state index contributed by atoms with van der Waals surface area (Å²) < 4.78 is 40.3. The second kappa shape index (κ2) is 5.37. The van der Waals surface area contributed by atoms with Gasteiger partial charge in [-0.05, 0) is 55.7 Å². The van der Waals surface area contributed by atoms with Crippen LogP contribution in [0.2, 0.25) is 0 Å². The molecule has 2 aromatic rings. The van der Waals surface area contributed by atoms with Gasteiger partial charge < -0.3 is 5.11 Å². The fourth-order valence-corrected chi connectivity index (χ4v) is 3.42. The molecule has 0 bridgehead atoms. The predicted molar refractivity (Wildman–Crippen MR) is 79.5 cm³/mol. The van der Waals surface area contributed by atoms with Crippen LogP contribution >= 0.6 is 0 Å². The summed E-state index contributed by atoms with van der Waals surface area (Å²) in [6.45, 7) is 5.04. The molecule has 0 aromatic heterocycles. The molecule has 2 N–H and O–H groups in total. The summed E-state index contributed by atoms with van der Waals surface area (Å²) in [7, 11) is -3.97. The third-order valence-corrected chi connectivity index (χ3v) is 4.64. The van der Waals surface area contributed by atoms with Crippen LogP contribution in [-0.4, -0.2) is 13.5 Å². The molecule has 4 nitrogen and oxygen atoms in total. The summed E-state index contributed by atoms with van der Waals surface area (Å²) in [5.74, 6) is -0.774. The molecule has 0 heterocycles. The summed E-state index contributed by atoms with van der Waals surface area (Å²) in [4.78, 5) is -0.152. The quantitative estimate of drug-likeness (QED) is 0.855. The molecule has 0 radical (unpaired) electrons. The van der Waals surface area contributed by atoms with Gasteiger partial charge in [0.25, 0.3) is 10.0 Å². The van der Waals surface area contributed by atoms with Crippen LogP contribution in [0.1, 0.15) is 16.7 Å². The smallest absolute Gasteiger partial charge is 0.262 e. The minimum atomic E-state index is -3.97. The number of aromatic hydroxyl groups is 1. The number of anilines is 1. The topological polar surface area (TPSA) is 66.4 Å². The lowest BCUT2D eigenvalue weighted by Gasteiger charge is -2.13. The zero-order valence-electron chi connectivity index (χ0n) is 11.9. The van der Waals surface area contributed by atoms with E-state index in [4.69, 9.17) is 0 Å². The Morgan fingerprint density at radius 1 is 1.05 bits per heavy atom. The van der Waals surface area contributed by atoms with E-state index in [2.05, 4.69) is 4.72 Å². The minimum Gasteiger partial charge on any atom is -0.505 e. The zero-order chi connectivity index (χ0) is 15.8. The van der Waals surface area contributed by atoms with Gasteiger partial charge in [0.2, 0.25) is 0 Å². The summed E-state index contributed by atoms with van der Waals surface area (Å²) in [5, 5.41) is 9.96. The van der Waals surface area contributed by atoms with Gasteiger partial charge in [0.05, 0.1) is 10.6 Å². The van der Waals surface area contributed by atoms with Crippen LogP contribution < -0.4 is 4.72 Å². The highest BCUT2D eigenvalue weighted by Crippen LogP contribution is 2.31. The molecule has 0 saturated heterocycles. The van der Waals surface area contributed by atoms with Crippen LogP contribution in [0.3, 0.4) is 0 Å². The van der Waals surface area contributed by atoms with E-state index in [1.54, 1.807) is 26.8 Å². The van der Waals surface area contributed by atoms with Gasteiger partial charge in [-0.1, -0.05) is 12.1 Å². The minimum absolute atomic E-state index is 0.0798. The third-order valence-electron chi connectivity index (χ3n) is 3.13. The first-order valence-corrected chi connectivity index (χ1v) is 7.78. The van der Waals surface area contributed by atoms with E-state index in [-0.39, 0.29) is 16.3 Å². The van der Waals surface area contributed by atoms with Gasteiger partial charge >= 0.3 is 0 Å². The fraction of sp³-hybridized carbons (Fsp3) is 0.200. The molecule has 0 amide bonds. The Balaban J connectivity index is 2.50. The zero-order valence-corrected chi connectivity index (χ0v) is 12.8. The lowest BCUT2D eigenvalue weighted by molar-refractivity contribution is 0.473. The molecule has 0 aliphatic rings. The summed E-state index contributed by atoms with van der Waals surface area (Å²) >= 11 is 0. The first kappa shape index (κ1) is 15.3. The number of sulfonamides is 1. The molecule has 0 atom stereocenters. The normalized spacial score (nSPS) is 11.4. The monoisotopic (exact) mass is 309 g/mol. The van der Waals surface area contributed by atoms with Crippen LogP contribution in [0.4, 0.5) is 10.1 Å². The van der Waals surface area contributed by atoms with Gasteiger partial charge in [0.15, 0.2) is 0 Å². The van der Waals surface area contributed by atoms with Crippen LogP contribution in [0.15, 0.2) is 35.2 Å². The number of rotatable bonds is 3. The highest BCUT2D eigenvalue weighted by molar-refractivity contribution is 7.92. The van der Waals surface area contributed by atoms with Gasteiger partial charge in [-0.2, -0.15) is 0 Å². The van der Waals surface area contributed by atoms with Crippen molar-refractivity contribution in [3.8, 4) is 5.75 Å². The maximum atomic E-state index is 13.3. The number of hydrogen-bond donors (Lipinski definition) is 2. The largest absolute Gasteiger partial charge is 0.505 e. The van der Waals surface area contributed by atoms with E-state index >= 15 is 0 Å². The van der Waals surface area contributed by atoms with Gasteiger partial charge in [-0.15, -0.1) is 0 Å². The van der Waals surface area contributed by atoms with Crippen LogP contribution in [0.25, 0.3) is 0 Å². The molecular formula is C15H16FNO3S. The molecule has 0 fully saturated rings. The fourth-order valence-electron chi connectivity index (χ4n) is 2.10. The van der Waals surface area contributed by atoms with Gasteiger partial charge in [-0.25, -0.2) is 12.8 Å². The average Bonchev–Trinajstić information content (AvgIpc) is 2.37. The van der Waals surface area contributed by atoms with Gasteiger partial charge in [0.1, 0.15) is 11.6 Å². The molecule has 2 rings (SSSR count). The predicted octanol–water partition coefficient (Wildman–Crippen LogP) is 3.26. The van der Waals surface area contributed by atoms with Crippen molar-refractivity contribution in [2.24, 2.45) is 0 Å². The maximum absolute atomic E-state index is 13.3. The number of hydrogen-bond acceptors (Lipinski definition) is 3. The summed E-state index contributed by atoms with van der Waals surface area (Å²) in [6.07, 6.45) is 0. The molecule has 0 aliphatic carbocycles. The number of benzene rings is 2. The molecule has 2 aromatic carbocycles. The molecular weight excluding hydrogens is 293 g/mol. The van der Waals surface area contributed by atoms with Crippen molar-refractivity contribution < 1.29 is 17.9 Å². The van der Waals surface area contributed by atoms with E-state index in [1.165, 1.54) is 18.2 Å². The van der Waals surface area contributed by atoms with Crippen molar-refractivity contribution in [3.05, 3.63) is 52.8 Å². The number of nitrogens with one attached hydrogen (secondary N) is 1. The molecule has 112 valence electrons. The molecule has 0 unspecified atom stereocenters. The third kappa shape index (κ3) is 3.16. The second-order valence-corrected chi connectivity index (χ2v) is 6.64. The lowest BCUT2D eigenvalue weighted by atomic mass is 10.1. The Morgan fingerprint density at radius 3 is 2.38 bits per heavy atom. The van der Waals surface area contributed by atoms with Crippen LogP contribution in [0, 0.1) is 26.6 Å². The maximum Gasteiger partial charge on any atom is 0.262 e. The summed E-state index contributed by atoms with van der Waals surface area (Å²) in [6, 6.07) is 6.81. The van der Waals surface area contributed by atoms with Crippen molar-refractivity contribution in [2.45, 2.75) is 25.7 Å². The van der Waals surface area contributed by atoms with E-state index in [1.807, 2.05) is 0 Å². The standard InChI is InChI=1S/C15H16FNO3S/c1-9-6-11(3)15(18)13(7-9)17-21(19,20)14-8-12(16)5-4-10(14)2/h4-8,17-18H,1-3H3. The van der Waals surface area contributed by atoms with Gasteiger partial charge in [0, 0.05) is 0 Å². The van der Waals surface area contributed by atoms with E-state index in [0.717, 1.165) is 11.6 Å². The highest BCUT2D eigenvalue weighted by Gasteiger charge is 2.20. The number of phenolic OH excluding ortho intramolecular Hbond substituents is 1. The SMILES string of the molecule is Cc1cc(C)c(O)c(NS(=O)(=O)c2cc(F)ccc2C)c1. The number of phenols is 1. The molecule has 0 aliphatic heterocycles. The van der Waals surface area contributed by atoms with Crippen molar-refractivity contribution in [1.82, 2.24) is 0 Å². The lowest BCUT2D eigenvalue weighted by Crippen LogP contribution is -2.15. The van der Waals surface area contributed by atoms with E-state index in [0.29, 0.717) is 11.1 Å². The molecule has 0 spiro atoms.